The summed E-state index contributed by atoms with van der Waals surface area (Å²) >= 11 is 0. The van der Waals surface area contributed by atoms with Gasteiger partial charge in [0.25, 0.3) is 0 Å². The first-order valence-electron chi connectivity index (χ1n) is 4.69. The van der Waals surface area contributed by atoms with Crippen LogP contribution in [0, 0.1) is 0 Å². The zero-order valence-electron chi connectivity index (χ0n) is 8.50. The van der Waals surface area contributed by atoms with E-state index in [1.165, 1.54) is 0 Å². The Morgan fingerprint density at radius 3 is 2.38 bits per heavy atom. The van der Waals surface area contributed by atoms with E-state index in [4.69, 9.17) is 10.2 Å². The summed E-state index contributed by atoms with van der Waals surface area (Å²) in [7, 11) is 0. The van der Waals surface area contributed by atoms with Crippen LogP contribution in [-0.4, -0.2) is 34.9 Å². The number of carbonyl (C=O) groups is 2. The quantitative estimate of drug-likeness (QED) is 0.321. The Hall–Kier alpha value is -1.72. The summed E-state index contributed by atoms with van der Waals surface area (Å²) in [5.41, 5.74) is 0.420. The highest BCUT2D eigenvalue weighted by atomic mass is 16.6. The van der Waals surface area contributed by atoms with Gasteiger partial charge in [0.05, 0.1) is 0 Å². The van der Waals surface area contributed by atoms with Crippen LogP contribution in [0.5, 0.6) is 0 Å². The minimum Gasteiger partial charge on any atom is -0.460 e. The predicted molar refractivity (Wildman–Crippen MR) is 54.6 cm³/mol. The standard InChI is InChI=1S/C11H12O5/c12-9(8-4-2-1-3-5-8)6-11(15)16-7-10(13)14/h1-5,10,13-14H,6-7H2. The summed E-state index contributed by atoms with van der Waals surface area (Å²) in [6.07, 6.45) is -2.12. The summed E-state index contributed by atoms with van der Waals surface area (Å²) in [5.74, 6) is -1.14. The Morgan fingerprint density at radius 2 is 1.81 bits per heavy atom. The van der Waals surface area contributed by atoms with Crippen molar-refractivity contribution in [3.05, 3.63) is 35.9 Å². The summed E-state index contributed by atoms with van der Waals surface area (Å²) in [6.45, 7) is -0.527. The molecule has 0 heterocycles. The molecule has 0 spiro atoms. The maximum Gasteiger partial charge on any atom is 0.313 e. The molecule has 1 aromatic carbocycles. The number of aliphatic hydroxyl groups excluding tert-OH is 1. The summed E-state index contributed by atoms with van der Waals surface area (Å²) in [4.78, 5) is 22.5. The van der Waals surface area contributed by atoms with Gasteiger partial charge in [-0.25, -0.2) is 0 Å². The Balaban J connectivity index is 2.43. The van der Waals surface area contributed by atoms with Crippen molar-refractivity contribution in [2.24, 2.45) is 0 Å². The van der Waals surface area contributed by atoms with Crippen molar-refractivity contribution in [2.45, 2.75) is 12.7 Å². The maximum absolute atomic E-state index is 11.5. The number of ether oxygens (including phenoxy) is 1. The number of benzene rings is 1. The fourth-order valence-electron chi connectivity index (χ4n) is 1.08. The molecule has 5 heteroatoms. The zero-order chi connectivity index (χ0) is 12.0. The van der Waals surface area contributed by atoms with Crippen molar-refractivity contribution in [3.63, 3.8) is 0 Å². The van der Waals surface area contributed by atoms with E-state index in [9.17, 15) is 9.59 Å². The monoisotopic (exact) mass is 224 g/mol. The lowest BCUT2D eigenvalue weighted by molar-refractivity contribution is -0.155. The second kappa shape index (κ2) is 5.99. The first-order chi connectivity index (χ1) is 7.59. The topological polar surface area (TPSA) is 83.8 Å². The van der Waals surface area contributed by atoms with E-state index in [1.807, 2.05) is 0 Å². The van der Waals surface area contributed by atoms with Gasteiger partial charge < -0.3 is 14.9 Å². The molecule has 0 amide bonds. The Labute approximate surface area is 92.3 Å². The van der Waals surface area contributed by atoms with E-state index < -0.39 is 25.3 Å². The van der Waals surface area contributed by atoms with Gasteiger partial charge in [-0.1, -0.05) is 30.3 Å². The minimum absolute atomic E-state index is 0.363. The number of aliphatic hydroxyl groups is 2. The van der Waals surface area contributed by atoms with Gasteiger partial charge >= 0.3 is 5.97 Å². The van der Waals surface area contributed by atoms with Gasteiger partial charge in [-0.2, -0.15) is 0 Å². The summed E-state index contributed by atoms with van der Waals surface area (Å²) in [5, 5.41) is 16.9. The van der Waals surface area contributed by atoms with Crippen LogP contribution in [0.25, 0.3) is 0 Å². The van der Waals surface area contributed by atoms with Gasteiger partial charge in [-0.05, 0) is 0 Å². The smallest absolute Gasteiger partial charge is 0.313 e. The van der Waals surface area contributed by atoms with Crippen LogP contribution < -0.4 is 0 Å². The number of carbonyl (C=O) groups excluding carboxylic acids is 2. The van der Waals surface area contributed by atoms with Gasteiger partial charge in [0.1, 0.15) is 13.0 Å². The molecule has 0 saturated heterocycles. The zero-order valence-corrected chi connectivity index (χ0v) is 8.50. The van der Waals surface area contributed by atoms with Gasteiger partial charge in [0.15, 0.2) is 12.1 Å². The Morgan fingerprint density at radius 1 is 1.19 bits per heavy atom. The van der Waals surface area contributed by atoms with Crippen LogP contribution in [0.3, 0.4) is 0 Å². The van der Waals surface area contributed by atoms with Gasteiger partial charge in [-0.15, -0.1) is 0 Å². The predicted octanol–water partition coefficient (Wildman–Crippen LogP) is 0.113. The number of hydrogen-bond donors (Lipinski definition) is 2. The molecular formula is C11H12O5. The highest BCUT2D eigenvalue weighted by Crippen LogP contribution is 2.03. The van der Waals surface area contributed by atoms with E-state index in [0.717, 1.165) is 0 Å². The van der Waals surface area contributed by atoms with Crippen LogP contribution >= 0.6 is 0 Å². The van der Waals surface area contributed by atoms with E-state index >= 15 is 0 Å². The fraction of sp³-hybridized carbons (Fsp3) is 0.273. The molecule has 0 atom stereocenters. The lowest BCUT2D eigenvalue weighted by Gasteiger charge is -2.05. The number of hydrogen-bond acceptors (Lipinski definition) is 5. The molecule has 1 aromatic rings. The lowest BCUT2D eigenvalue weighted by atomic mass is 10.1. The van der Waals surface area contributed by atoms with Crippen LogP contribution in [0.1, 0.15) is 16.8 Å². The normalized spacial score (nSPS) is 10.2. The average Bonchev–Trinajstić information content (AvgIpc) is 2.27. The first kappa shape index (κ1) is 12.4. The molecule has 0 unspecified atom stereocenters. The summed E-state index contributed by atoms with van der Waals surface area (Å²) in [6, 6.07) is 8.33. The maximum atomic E-state index is 11.5. The van der Waals surface area contributed by atoms with E-state index in [1.54, 1.807) is 30.3 Å². The molecule has 16 heavy (non-hydrogen) atoms. The third-order valence-corrected chi connectivity index (χ3v) is 1.79. The molecule has 0 aliphatic heterocycles. The number of Topliss-reactive ketones (excluding diaryl/α,β-unsaturated/α-hetero) is 1. The highest BCUT2D eigenvalue weighted by Gasteiger charge is 2.13. The summed E-state index contributed by atoms with van der Waals surface area (Å²) < 4.78 is 4.44. The largest absolute Gasteiger partial charge is 0.460 e. The Kier molecular flexibility index (Phi) is 4.63. The number of rotatable bonds is 5. The molecule has 86 valence electrons. The van der Waals surface area contributed by atoms with Gasteiger partial charge in [0, 0.05) is 5.56 Å². The average molecular weight is 224 g/mol. The van der Waals surface area contributed by atoms with Gasteiger partial charge in [-0.3, -0.25) is 9.59 Å². The molecule has 5 nitrogen and oxygen atoms in total. The molecular weight excluding hydrogens is 212 g/mol. The van der Waals surface area contributed by atoms with Crippen LogP contribution in [-0.2, 0) is 9.53 Å². The van der Waals surface area contributed by atoms with Crippen molar-refractivity contribution in [3.8, 4) is 0 Å². The first-order valence-corrected chi connectivity index (χ1v) is 4.69. The van der Waals surface area contributed by atoms with E-state index in [-0.39, 0.29) is 5.78 Å². The third kappa shape index (κ3) is 4.20. The van der Waals surface area contributed by atoms with Crippen molar-refractivity contribution in [1.82, 2.24) is 0 Å². The van der Waals surface area contributed by atoms with Crippen molar-refractivity contribution in [2.75, 3.05) is 6.61 Å². The van der Waals surface area contributed by atoms with Crippen molar-refractivity contribution >= 4 is 11.8 Å². The molecule has 0 radical (unpaired) electrons. The second-order valence-corrected chi connectivity index (χ2v) is 3.13. The molecule has 0 aliphatic carbocycles. The second-order valence-electron chi connectivity index (χ2n) is 3.13. The molecule has 0 bridgehead atoms. The molecule has 1 rings (SSSR count). The molecule has 0 fully saturated rings. The van der Waals surface area contributed by atoms with Crippen molar-refractivity contribution < 1.29 is 24.5 Å². The van der Waals surface area contributed by atoms with Gasteiger partial charge in [0.2, 0.25) is 0 Å². The number of esters is 1. The lowest BCUT2D eigenvalue weighted by Crippen LogP contribution is -2.19. The van der Waals surface area contributed by atoms with E-state index in [0.29, 0.717) is 5.56 Å². The fourth-order valence-corrected chi connectivity index (χ4v) is 1.08. The SMILES string of the molecule is O=C(CC(=O)c1ccccc1)OCC(O)O. The van der Waals surface area contributed by atoms with Crippen LogP contribution in [0.4, 0.5) is 0 Å². The molecule has 0 aromatic heterocycles. The van der Waals surface area contributed by atoms with Crippen molar-refractivity contribution in [1.29, 1.82) is 0 Å². The number of ketones is 1. The minimum atomic E-state index is -1.71. The molecule has 2 N–H and O–H groups in total. The van der Waals surface area contributed by atoms with Crippen LogP contribution in [0.15, 0.2) is 30.3 Å². The van der Waals surface area contributed by atoms with E-state index in [2.05, 4.69) is 4.74 Å². The Bertz CT molecular complexity index is 358. The van der Waals surface area contributed by atoms with Crippen LogP contribution in [0.2, 0.25) is 0 Å². The molecule has 0 saturated carbocycles. The highest BCUT2D eigenvalue weighted by molar-refractivity contribution is 6.05. The molecule has 0 aliphatic rings. The third-order valence-electron chi connectivity index (χ3n) is 1.79.